The highest BCUT2D eigenvalue weighted by molar-refractivity contribution is 9.11. The van der Waals surface area contributed by atoms with Crippen LogP contribution in [0, 0.1) is 13.8 Å². The number of aryl methyl sites for hydroxylation is 2. The Bertz CT molecular complexity index is 958. The fraction of sp³-hybridized carbons (Fsp3) is 0.118. The van der Waals surface area contributed by atoms with E-state index in [4.69, 9.17) is 4.42 Å². The molecule has 0 amide bonds. The van der Waals surface area contributed by atoms with Crippen molar-refractivity contribution in [2.75, 3.05) is 0 Å². The number of phenols is 1. The molecule has 22 heavy (non-hydrogen) atoms. The summed E-state index contributed by atoms with van der Waals surface area (Å²) in [6, 6.07) is 8.63. The summed E-state index contributed by atoms with van der Waals surface area (Å²) in [4.78, 5) is 12.4. The van der Waals surface area contributed by atoms with Crippen LogP contribution >= 0.6 is 31.9 Å². The summed E-state index contributed by atoms with van der Waals surface area (Å²) in [5, 5.41) is 10.8. The zero-order valence-corrected chi connectivity index (χ0v) is 15.1. The van der Waals surface area contributed by atoms with Gasteiger partial charge >= 0.3 is 0 Å². The van der Waals surface area contributed by atoms with Gasteiger partial charge < -0.3 is 9.52 Å². The molecule has 0 unspecified atom stereocenters. The normalized spacial score (nSPS) is 11.1. The van der Waals surface area contributed by atoms with Gasteiger partial charge in [0.05, 0.1) is 15.4 Å². The summed E-state index contributed by atoms with van der Waals surface area (Å²) in [5.74, 6) is 0.374. The summed E-state index contributed by atoms with van der Waals surface area (Å²) < 4.78 is 7.21. The van der Waals surface area contributed by atoms with Gasteiger partial charge in [-0.1, -0.05) is 22.0 Å². The molecule has 0 atom stereocenters. The third kappa shape index (κ3) is 2.59. The minimum Gasteiger partial charge on any atom is -0.506 e. The molecule has 3 rings (SSSR count). The second-order valence-electron chi connectivity index (χ2n) is 5.22. The van der Waals surface area contributed by atoms with Crippen molar-refractivity contribution >= 4 is 42.8 Å². The van der Waals surface area contributed by atoms with E-state index in [1.165, 1.54) is 6.07 Å². The van der Waals surface area contributed by atoms with Crippen LogP contribution in [0.1, 0.15) is 11.1 Å². The molecular weight excluding hydrogens is 412 g/mol. The van der Waals surface area contributed by atoms with Crippen LogP contribution in [-0.4, -0.2) is 5.11 Å². The molecular formula is C17H12Br2O3. The number of fused-ring (bicyclic) bond motifs is 1. The first-order valence-electron chi connectivity index (χ1n) is 6.60. The number of phenolic OH excluding ortho intramolecular Hbond substituents is 1. The molecule has 0 fully saturated rings. The SMILES string of the molecule is Cc1cc(C)c2oc(-c3cc(Br)cc(Br)c3O)cc(=O)c2c1. The smallest absolute Gasteiger partial charge is 0.193 e. The molecule has 1 heterocycles. The van der Waals surface area contributed by atoms with Gasteiger partial charge in [0.1, 0.15) is 17.1 Å². The van der Waals surface area contributed by atoms with Gasteiger partial charge in [0.15, 0.2) is 5.43 Å². The highest BCUT2D eigenvalue weighted by Crippen LogP contribution is 2.38. The summed E-state index contributed by atoms with van der Waals surface area (Å²) in [7, 11) is 0. The lowest BCUT2D eigenvalue weighted by Gasteiger charge is -2.09. The lowest BCUT2D eigenvalue weighted by Crippen LogP contribution is -2.02. The van der Waals surface area contributed by atoms with E-state index in [0.717, 1.165) is 15.6 Å². The second kappa shape index (κ2) is 5.56. The first-order valence-corrected chi connectivity index (χ1v) is 8.19. The molecule has 2 aromatic carbocycles. The molecule has 0 saturated heterocycles. The standard InChI is InChI=1S/C17H12Br2O3/c1-8-3-9(2)17-11(4-8)14(20)7-15(22-17)12-5-10(18)6-13(19)16(12)21/h3-7,21H,1-2H3. The van der Waals surface area contributed by atoms with Crippen molar-refractivity contribution in [1.29, 1.82) is 0 Å². The van der Waals surface area contributed by atoms with Crippen molar-refractivity contribution in [1.82, 2.24) is 0 Å². The van der Waals surface area contributed by atoms with Gasteiger partial charge in [-0.05, 0) is 59.1 Å². The quantitative estimate of drug-likeness (QED) is 0.577. The number of rotatable bonds is 1. The minimum atomic E-state index is -0.126. The Labute approximate surface area is 143 Å². The maximum atomic E-state index is 12.4. The molecule has 112 valence electrons. The summed E-state index contributed by atoms with van der Waals surface area (Å²) in [6.07, 6.45) is 0. The zero-order chi connectivity index (χ0) is 16.0. The van der Waals surface area contributed by atoms with Crippen LogP contribution < -0.4 is 5.43 Å². The predicted molar refractivity (Wildman–Crippen MR) is 94.5 cm³/mol. The molecule has 0 spiro atoms. The fourth-order valence-corrected chi connectivity index (χ4v) is 3.72. The van der Waals surface area contributed by atoms with Gasteiger partial charge in [0.25, 0.3) is 0 Å². The predicted octanol–water partition coefficient (Wildman–Crippen LogP) is 5.31. The van der Waals surface area contributed by atoms with Gasteiger partial charge in [-0.15, -0.1) is 0 Å². The van der Waals surface area contributed by atoms with Crippen LogP contribution in [0.2, 0.25) is 0 Å². The van der Waals surface area contributed by atoms with E-state index in [0.29, 0.717) is 26.8 Å². The Morgan fingerprint density at radius 1 is 1.05 bits per heavy atom. The van der Waals surface area contributed by atoms with E-state index >= 15 is 0 Å². The van der Waals surface area contributed by atoms with Crippen molar-refractivity contribution in [2.45, 2.75) is 13.8 Å². The van der Waals surface area contributed by atoms with E-state index in [-0.39, 0.29) is 11.2 Å². The fourth-order valence-electron chi connectivity index (χ4n) is 2.50. The highest BCUT2D eigenvalue weighted by Gasteiger charge is 2.15. The number of aromatic hydroxyl groups is 1. The molecule has 0 aliphatic carbocycles. The molecule has 1 aromatic heterocycles. The second-order valence-corrected chi connectivity index (χ2v) is 6.99. The van der Waals surface area contributed by atoms with Crippen LogP contribution in [-0.2, 0) is 0 Å². The number of halogens is 2. The van der Waals surface area contributed by atoms with Crippen molar-refractivity contribution in [3.05, 3.63) is 60.6 Å². The molecule has 0 aliphatic rings. The van der Waals surface area contributed by atoms with Crippen molar-refractivity contribution < 1.29 is 9.52 Å². The molecule has 5 heteroatoms. The topological polar surface area (TPSA) is 50.4 Å². The van der Waals surface area contributed by atoms with E-state index in [1.54, 1.807) is 12.1 Å². The number of hydrogen-bond donors (Lipinski definition) is 1. The van der Waals surface area contributed by atoms with E-state index in [9.17, 15) is 9.90 Å². The third-order valence-electron chi connectivity index (χ3n) is 3.45. The zero-order valence-electron chi connectivity index (χ0n) is 11.9. The largest absolute Gasteiger partial charge is 0.506 e. The van der Waals surface area contributed by atoms with Crippen molar-refractivity contribution in [3.63, 3.8) is 0 Å². The summed E-state index contributed by atoms with van der Waals surface area (Å²) in [6.45, 7) is 3.84. The highest BCUT2D eigenvalue weighted by atomic mass is 79.9. The van der Waals surface area contributed by atoms with Gasteiger partial charge in [-0.3, -0.25) is 4.79 Å². The maximum absolute atomic E-state index is 12.4. The van der Waals surface area contributed by atoms with Gasteiger partial charge in [0.2, 0.25) is 0 Å². The van der Waals surface area contributed by atoms with Crippen LogP contribution in [0.15, 0.2) is 48.5 Å². The third-order valence-corrected chi connectivity index (χ3v) is 4.51. The van der Waals surface area contributed by atoms with Crippen LogP contribution in [0.3, 0.4) is 0 Å². The van der Waals surface area contributed by atoms with Gasteiger partial charge in [-0.2, -0.15) is 0 Å². The molecule has 0 aliphatic heterocycles. The summed E-state index contributed by atoms with van der Waals surface area (Å²) in [5.41, 5.74) is 2.78. The summed E-state index contributed by atoms with van der Waals surface area (Å²) >= 11 is 6.66. The Morgan fingerprint density at radius 2 is 1.77 bits per heavy atom. The van der Waals surface area contributed by atoms with E-state index < -0.39 is 0 Å². The Balaban J connectivity index is 2.37. The lowest BCUT2D eigenvalue weighted by molar-refractivity contribution is 0.471. The first kappa shape index (κ1) is 15.3. The molecule has 0 radical (unpaired) electrons. The molecule has 3 nitrogen and oxygen atoms in total. The van der Waals surface area contributed by atoms with Crippen LogP contribution in [0.5, 0.6) is 5.75 Å². The van der Waals surface area contributed by atoms with E-state index in [1.807, 2.05) is 26.0 Å². The number of hydrogen-bond acceptors (Lipinski definition) is 3. The van der Waals surface area contributed by atoms with Crippen LogP contribution in [0.4, 0.5) is 0 Å². The lowest BCUT2D eigenvalue weighted by atomic mass is 10.1. The number of benzene rings is 2. The average Bonchev–Trinajstić information content (AvgIpc) is 2.43. The Hall–Kier alpha value is -1.59. The van der Waals surface area contributed by atoms with Crippen molar-refractivity contribution in [3.8, 4) is 17.1 Å². The van der Waals surface area contributed by atoms with E-state index in [2.05, 4.69) is 31.9 Å². The first-order chi connectivity index (χ1) is 10.4. The van der Waals surface area contributed by atoms with Gasteiger partial charge in [0, 0.05) is 10.5 Å². The molecule has 0 saturated carbocycles. The maximum Gasteiger partial charge on any atom is 0.193 e. The average molecular weight is 424 g/mol. The Morgan fingerprint density at radius 3 is 2.50 bits per heavy atom. The molecule has 1 N–H and O–H groups in total. The van der Waals surface area contributed by atoms with Crippen LogP contribution in [0.25, 0.3) is 22.3 Å². The monoisotopic (exact) mass is 422 g/mol. The minimum absolute atomic E-state index is 0.0375. The van der Waals surface area contributed by atoms with Crippen molar-refractivity contribution in [2.24, 2.45) is 0 Å². The molecule has 3 aromatic rings. The Kier molecular flexibility index (Phi) is 3.87. The molecule has 0 bridgehead atoms. The van der Waals surface area contributed by atoms with Gasteiger partial charge in [-0.25, -0.2) is 0 Å².